The predicted molar refractivity (Wildman–Crippen MR) is 94.9 cm³/mol. The number of likely N-dealkylation sites (tertiary alicyclic amines) is 1. The molecule has 1 atom stereocenters. The van der Waals surface area contributed by atoms with Crippen LogP contribution in [0.3, 0.4) is 0 Å². The first kappa shape index (κ1) is 16.9. The molecule has 0 saturated carbocycles. The zero-order valence-corrected chi connectivity index (χ0v) is 15.3. The lowest BCUT2D eigenvalue weighted by Gasteiger charge is -2.29. The Morgan fingerprint density at radius 3 is 2.71 bits per heavy atom. The van der Waals surface area contributed by atoms with Gasteiger partial charge in [0.15, 0.2) is 0 Å². The second kappa shape index (κ2) is 6.51. The van der Waals surface area contributed by atoms with Crippen molar-refractivity contribution in [1.29, 1.82) is 0 Å². The molecule has 1 saturated heterocycles. The van der Waals surface area contributed by atoms with Crippen molar-refractivity contribution in [1.82, 2.24) is 20.0 Å². The van der Waals surface area contributed by atoms with E-state index in [9.17, 15) is 0 Å². The Labute approximate surface area is 143 Å². The molecule has 24 heavy (non-hydrogen) atoms. The van der Waals surface area contributed by atoms with Crippen LogP contribution in [0, 0.1) is 5.41 Å². The third kappa shape index (κ3) is 3.75. The minimum absolute atomic E-state index is 0.236. The number of anilines is 1. The van der Waals surface area contributed by atoms with Crippen LogP contribution in [0.15, 0.2) is 22.9 Å². The second-order valence-corrected chi connectivity index (χ2v) is 7.94. The fourth-order valence-corrected chi connectivity index (χ4v) is 3.17. The van der Waals surface area contributed by atoms with Crippen LogP contribution in [0.2, 0.25) is 0 Å². The van der Waals surface area contributed by atoms with Gasteiger partial charge in [0, 0.05) is 32.4 Å². The van der Waals surface area contributed by atoms with E-state index in [-0.39, 0.29) is 11.5 Å². The molecule has 6 nitrogen and oxygen atoms in total. The highest BCUT2D eigenvalue weighted by Gasteiger charge is 2.33. The average molecular weight is 329 g/mol. The summed E-state index contributed by atoms with van der Waals surface area (Å²) in [6.07, 6.45) is 4.05. The first-order chi connectivity index (χ1) is 11.3. The van der Waals surface area contributed by atoms with Crippen LogP contribution < -0.4 is 4.90 Å². The van der Waals surface area contributed by atoms with E-state index in [0.717, 1.165) is 36.8 Å². The van der Waals surface area contributed by atoms with Crippen LogP contribution in [0.1, 0.15) is 45.5 Å². The van der Waals surface area contributed by atoms with Crippen molar-refractivity contribution < 1.29 is 4.52 Å². The van der Waals surface area contributed by atoms with Gasteiger partial charge in [0.05, 0.1) is 6.04 Å². The van der Waals surface area contributed by atoms with Gasteiger partial charge in [0.1, 0.15) is 5.82 Å². The first-order valence-corrected chi connectivity index (χ1v) is 8.55. The van der Waals surface area contributed by atoms with Crippen LogP contribution >= 0.6 is 0 Å². The number of hydrogen-bond donors (Lipinski definition) is 0. The number of pyridine rings is 1. The zero-order chi connectivity index (χ0) is 17.3. The molecule has 0 N–H and O–H groups in total. The van der Waals surface area contributed by atoms with E-state index < -0.39 is 0 Å². The molecule has 2 aromatic rings. The molecule has 0 bridgehead atoms. The number of aromatic nitrogens is 3. The molecule has 1 aliphatic rings. The number of hydrogen-bond acceptors (Lipinski definition) is 6. The van der Waals surface area contributed by atoms with Gasteiger partial charge in [0.2, 0.25) is 11.7 Å². The Morgan fingerprint density at radius 2 is 2.08 bits per heavy atom. The van der Waals surface area contributed by atoms with E-state index in [0.29, 0.717) is 5.82 Å². The van der Waals surface area contributed by atoms with Crippen molar-refractivity contribution in [2.75, 3.05) is 32.1 Å². The van der Waals surface area contributed by atoms with Gasteiger partial charge in [-0.05, 0) is 36.9 Å². The van der Waals surface area contributed by atoms with Gasteiger partial charge in [-0.1, -0.05) is 25.9 Å². The Hall–Kier alpha value is -1.95. The van der Waals surface area contributed by atoms with Crippen LogP contribution in [0.25, 0.3) is 11.4 Å². The summed E-state index contributed by atoms with van der Waals surface area (Å²) in [4.78, 5) is 13.5. The minimum Gasteiger partial charge on any atom is -0.363 e. The summed E-state index contributed by atoms with van der Waals surface area (Å²) in [5, 5.41) is 4.17. The second-order valence-electron chi connectivity index (χ2n) is 7.94. The highest BCUT2D eigenvalue weighted by atomic mass is 16.5. The molecule has 0 radical (unpaired) electrons. The standard InChI is InChI=1S/C18H27N5O/c1-18(2,3)12-23-10-6-7-14(23)17-20-16(21-24-17)13-8-9-15(19-11-13)22(4)5/h8-9,11,14H,6-7,10,12H2,1-5H3. The Balaban J connectivity index is 1.77. The minimum atomic E-state index is 0.236. The summed E-state index contributed by atoms with van der Waals surface area (Å²) >= 11 is 0. The van der Waals surface area contributed by atoms with E-state index in [2.05, 4.69) is 40.8 Å². The van der Waals surface area contributed by atoms with Crippen molar-refractivity contribution in [3.63, 3.8) is 0 Å². The summed E-state index contributed by atoms with van der Waals surface area (Å²) < 4.78 is 5.58. The molecule has 1 aliphatic heterocycles. The molecule has 3 heterocycles. The lowest BCUT2D eigenvalue weighted by Crippen LogP contribution is -2.32. The fourth-order valence-electron chi connectivity index (χ4n) is 3.17. The summed E-state index contributed by atoms with van der Waals surface area (Å²) in [6.45, 7) is 8.92. The van der Waals surface area contributed by atoms with E-state index >= 15 is 0 Å². The topological polar surface area (TPSA) is 58.3 Å². The first-order valence-electron chi connectivity index (χ1n) is 8.55. The third-order valence-corrected chi connectivity index (χ3v) is 4.23. The Kier molecular flexibility index (Phi) is 4.58. The molecule has 0 amide bonds. The lowest BCUT2D eigenvalue weighted by atomic mass is 9.96. The molecule has 130 valence electrons. The molecular formula is C18H27N5O. The molecule has 2 aromatic heterocycles. The van der Waals surface area contributed by atoms with Crippen molar-refractivity contribution in [2.24, 2.45) is 5.41 Å². The quantitative estimate of drug-likeness (QED) is 0.857. The van der Waals surface area contributed by atoms with Crippen LogP contribution in [0.5, 0.6) is 0 Å². The molecule has 3 rings (SSSR count). The van der Waals surface area contributed by atoms with Gasteiger partial charge >= 0.3 is 0 Å². The SMILES string of the molecule is CN(C)c1ccc(-c2noc(C3CCCN3CC(C)(C)C)n2)cn1. The Bertz CT molecular complexity index is 671. The molecule has 0 aromatic carbocycles. The van der Waals surface area contributed by atoms with Gasteiger partial charge < -0.3 is 9.42 Å². The smallest absolute Gasteiger partial charge is 0.244 e. The van der Waals surface area contributed by atoms with Crippen molar-refractivity contribution in [3.8, 4) is 11.4 Å². The highest BCUT2D eigenvalue weighted by Crippen LogP contribution is 2.34. The van der Waals surface area contributed by atoms with Crippen molar-refractivity contribution in [3.05, 3.63) is 24.2 Å². The van der Waals surface area contributed by atoms with E-state index in [1.807, 2.05) is 31.1 Å². The maximum atomic E-state index is 5.58. The van der Waals surface area contributed by atoms with Gasteiger partial charge in [-0.2, -0.15) is 4.98 Å². The fraction of sp³-hybridized carbons (Fsp3) is 0.611. The summed E-state index contributed by atoms with van der Waals surface area (Å²) in [5.41, 5.74) is 1.15. The largest absolute Gasteiger partial charge is 0.363 e. The van der Waals surface area contributed by atoms with E-state index in [1.54, 1.807) is 6.20 Å². The van der Waals surface area contributed by atoms with E-state index in [4.69, 9.17) is 4.52 Å². The van der Waals surface area contributed by atoms with Gasteiger partial charge in [-0.15, -0.1) is 0 Å². The number of nitrogens with zero attached hydrogens (tertiary/aromatic N) is 5. The normalized spacial score (nSPS) is 19.0. The lowest BCUT2D eigenvalue weighted by molar-refractivity contribution is 0.153. The zero-order valence-electron chi connectivity index (χ0n) is 15.3. The highest BCUT2D eigenvalue weighted by molar-refractivity contribution is 5.55. The van der Waals surface area contributed by atoms with Crippen molar-refractivity contribution >= 4 is 5.82 Å². The summed E-state index contributed by atoms with van der Waals surface area (Å²) in [5.74, 6) is 2.25. The molecule has 0 spiro atoms. The molecular weight excluding hydrogens is 302 g/mol. The maximum absolute atomic E-state index is 5.58. The van der Waals surface area contributed by atoms with Crippen molar-refractivity contribution in [2.45, 2.75) is 39.7 Å². The van der Waals surface area contributed by atoms with Gasteiger partial charge in [-0.25, -0.2) is 4.98 Å². The third-order valence-electron chi connectivity index (χ3n) is 4.23. The molecule has 0 aliphatic carbocycles. The molecule has 6 heteroatoms. The molecule has 1 fully saturated rings. The Morgan fingerprint density at radius 1 is 1.29 bits per heavy atom. The van der Waals surface area contributed by atoms with Crippen LogP contribution in [-0.4, -0.2) is 47.2 Å². The monoisotopic (exact) mass is 329 g/mol. The summed E-state index contributed by atoms with van der Waals surface area (Å²) in [7, 11) is 3.94. The molecule has 1 unspecified atom stereocenters. The van der Waals surface area contributed by atoms with Crippen LogP contribution in [0.4, 0.5) is 5.82 Å². The van der Waals surface area contributed by atoms with Gasteiger partial charge in [-0.3, -0.25) is 4.90 Å². The summed E-state index contributed by atoms with van der Waals surface area (Å²) in [6, 6.07) is 4.19. The number of rotatable bonds is 4. The van der Waals surface area contributed by atoms with E-state index in [1.165, 1.54) is 6.42 Å². The van der Waals surface area contributed by atoms with Crippen LogP contribution in [-0.2, 0) is 0 Å². The maximum Gasteiger partial charge on any atom is 0.244 e. The predicted octanol–water partition coefficient (Wildman–Crippen LogP) is 3.38. The average Bonchev–Trinajstić information content (AvgIpc) is 3.14. The van der Waals surface area contributed by atoms with Gasteiger partial charge in [0.25, 0.3) is 0 Å².